The summed E-state index contributed by atoms with van der Waals surface area (Å²) in [5.41, 5.74) is 4.24. The lowest BCUT2D eigenvalue weighted by atomic mass is 10.1. The van der Waals surface area contributed by atoms with Crippen LogP contribution in [-0.4, -0.2) is 17.9 Å². The van der Waals surface area contributed by atoms with Crippen molar-refractivity contribution in [2.75, 3.05) is 0 Å². The van der Waals surface area contributed by atoms with Gasteiger partial charge in [0.15, 0.2) is 6.10 Å². The first-order valence-corrected chi connectivity index (χ1v) is 8.10. The number of benzene rings is 2. The van der Waals surface area contributed by atoms with Gasteiger partial charge in [0, 0.05) is 0 Å². The third-order valence-electron chi connectivity index (χ3n) is 4.00. The number of hydrogen-bond acceptors (Lipinski definition) is 3. The van der Waals surface area contributed by atoms with Gasteiger partial charge in [0.25, 0.3) is 11.8 Å². The van der Waals surface area contributed by atoms with E-state index in [1.165, 1.54) is 19.1 Å². The molecule has 8 heteroatoms. The van der Waals surface area contributed by atoms with Gasteiger partial charge in [-0.25, -0.2) is 0 Å². The fourth-order valence-electron chi connectivity index (χ4n) is 2.31. The van der Waals surface area contributed by atoms with Crippen LogP contribution in [0.25, 0.3) is 0 Å². The summed E-state index contributed by atoms with van der Waals surface area (Å²) < 4.78 is 44.4. The Bertz CT molecular complexity index is 850. The zero-order valence-corrected chi connectivity index (χ0v) is 15.0. The van der Waals surface area contributed by atoms with Crippen molar-refractivity contribution in [3.05, 3.63) is 64.7 Å². The average Bonchev–Trinajstić information content (AvgIpc) is 2.62. The number of ether oxygens (including phenoxy) is 1. The second-order valence-electron chi connectivity index (χ2n) is 5.94. The lowest BCUT2D eigenvalue weighted by Gasteiger charge is -2.18. The summed E-state index contributed by atoms with van der Waals surface area (Å²) in [7, 11) is 0. The van der Waals surface area contributed by atoms with Gasteiger partial charge in [-0.05, 0) is 50.1 Å². The van der Waals surface area contributed by atoms with E-state index in [0.717, 1.165) is 23.3 Å². The van der Waals surface area contributed by atoms with Gasteiger partial charge in [-0.15, -0.1) is 0 Å². The molecule has 2 N–H and O–H groups in total. The van der Waals surface area contributed by atoms with Crippen molar-refractivity contribution in [3.8, 4) is 5.75 Å². The Morgan fingerprint density at radius 1 is 1.00 bits per heavy atom. The van der Waals surface area contributed by atoms with Gasteiger partial charge < -0.3 is 4.74 Å². The van der Waals surface area contributed by atoms with Gasteiger partial charge in [0.05, 0.1) is 11.1 Å². The Morgan fingerprint density at radius 3 is 2.33 bits per heavy atom. The van der Waals surface area contributed by atoms with Crippen LogP contribution >= 0.6 is 0 Å². The quantitative estimate of drug-likeness (QED) is 0.798. The number of carbonyl (C=O) groups is 2. The second kappa shape index (κ2) is 8.11. The lowest BCUT2D eigenvalue weighted by Crippen LogP contribution is -2.47. The summed E-state index contributed by atoms with van der Waals surface area (Å²) in [5, 5.41) is 0. The topological polar surface area (TPSA) is 67.4 Å². The van der Waals surface area contributed by atoms with Gasteiger partial charge in [0.2, 0.25) is 0 Å². The summed E-state index contributed by atoms with van der Waals surface area (Å²) in [6.07, 6.45) is -5.65. The second-order valence-corrected chi connectivity index (χ2v) is 5.94. The molecule has 2 aromatic rings. The highest BCUT2D eigenvalue weighted by molar-refractivity contribution is 5.97. The molecule has 0 aliphatic carbocycles. The molecular formula is C19H19F3N2O3. The SMILES string of the molecule is Cc1cccc(O[C@H](C)C(=O)NNC(=O)c2ccccc2C(F)(F)F)c1C. The van der Waals surface area contributed by atoms with E-state index in [4.69, 9.17) is 4.74 Å². The van der Waals surface area contributed by atoms with E-state index >= 15 is 0 Å². The molecule has 27 heavy (non-hydrogen) atoms. The lowest BCUT2D eigenvalue weighted by molar-refractivity contribution is -0.137. The maximum Gasteiger partial charge on any atom is 0.417 e. The molecule has 5 nitrogen and oxygen atoms in total. The first-order valence-electron chi connectivity index (χ1n) is 8.10. The molecule has 144 valence electrons. The van der Waals surface area contributed by atoms with E-state index in [1.807, 2.05) is 25.3 Å². The van der Waals surface area contributed by atoms with Crippen LogP contribution < -0.4 is 15.6 Å². The highest BCUT2D eigenvalue weighted by Gasteiger charge is 2.35. The molecule has 1 atom stereocenters. The molecule has 0 saturated heterocycles. The Labute approximate surface area is 154 Å². The molecule has 2 amide bonds. The average molecular weight is 380 g/mol. The first-order chi connectivity index (χ1) is 12.6. The maximum absolute atomic E-state index is 13.0. The van der Waals surface area contributed by atoms with Gasteiger partial charge in [-0.2, -0.15) is 13.2 Å². The third kappa shape index (κ3) is 4.99. The fourth-order valence-corrected chi connectivity index (χ4v) is 2.31. The van der Waals surface area contributed by atoms with E-state index in [9.17, 15) is 22.8 Å². The standard InChI is InChI=1S/C19H19F3N2O3/c1-11-7-6-10-16(12(11)2)27-13(3)17(25)23-24-18(26)14-8-4-5-9-15(14)19(20,21)22/h4-10,13H,1-3H3,(H,23,25)(H,24,26)/t13-/m1/s1. The molecule has 2 rings (SSSR count). The molecule has 0 unspecified atom stereocenters. The molecule has 0 radical (unpaired) electrons. The van der Waals surface area contributed by atoms with E-state index in [0.29, 0.717) is 5.75 Å². The van der Waals surface area contributed by atoms with Crippen LogP contribution in [0, 0.1) is 13.8 Å². The predicted octanol–water partition coefficient (Wildman–Crippen LogP) is 3.55. The maximum atomic E-state index is 13.0. The molecule has 0 saturated carbocycles. The van der Waals surface area contributed by atoms with Gasteiger partial charge in [-0.1, -0.05) is 24.3 Å². The third-order valence-corrected chi connectivity index (χ3v) is 4.00. The minimum Gasteiger partial charge on any atom is -0.481 e. The van der Waals surface area contributed by atoms with Crippen LogP contribution in [-0.2, 0) is 11.0 Å². The fraction of sp³-hybridized carbons (Fsp3) is 0.263. The van der Waals surface area contributed by atoms with E-state index in [2.05, 4.69) is 5.43 Å². The smallest absolute Gasteiger partial charge is 0.417 e. The first kappa shape index (κ1) is 20.3. The van der Waals surface area contributed by atoms with Crippen molar-refractivity contribution in [2.24, 2.45) is 0 Å². The molecular weight excluding hydrogens is 361 g/mol. The number of alkyl halides is 3. The minimum absolute atomic E-state index is 0.506. The Balaban J connectivity index is 2.01. The Kier molecular flexibility index (Phi) is 6.09. The Hall–Kier alpha value is -3.03. The number of amides is 2. The molecule has 0 heterocycles. The summed E-state index contributed by atoms with van der Waals surface area (Å²) in [5.74, 6) is -1.27. The van der Waals surface area contributed by atoms with Crippen molar-refractivity contribution in [3.63, 3.8) is 0 Å². The van der Waals surface area contributed by atoms with Gasteiger partial charge in [-0.3, -0.25) is 20.4 Å². The normalized spacial score (nSPS) is 12.2. The highest BCUT2D eigenvalue weighted by atomic mass is 19.4. The Morgan fingerprint density at radius 2 is 1.67 bits per heavy atom. The zero-order valence-electron chi connectivity index (χ0n) is 15.0. The molecule has 0 bridgehead atoms. The molecule has 0 fully saturated rings. The highest BCUT2D eigenvalue weighted by Crippen LogP contribution is 2.31. The van der Waals surface area contributed by atoms with Crippen LogP contribution in [0.3, 0.4) is 0 Å². The largest absolute Gasteiger partial charge is 0.481 e. The number of halogens is 3. The van der Waals surface area contributed by atoms with Crippen LogP contribution in [0.2, 0.25) is 0 Å². The number of nitrogens with one attached hydrogen (secondary N) is 2. The van der Waals surface area contributed by atoms with Crippen molar-refractivity contribution in [2.45, 2.75) is 33.1 Å². The van der Waals surface area contributed by atoms with Crippen LogP contribution in [0.15, 0.2) is 42.5 Å². The predicted molar refractivity (Wildman–Crippen MR) is 93.1 cm³/mol. The minimum atomic E-state index is -4.68. The number of rotatable bonds is 4. The van der Waals surface area contributed by atoms with E-state index < -0.39 is 35.2 Å². The monoisotopic (exact) mass is 380 g/mol. The molecule has 0 spiro atoms. The van der Waals surface area contributed by atoms with E-state index in [1.54, 1.807) is 12.1 Å². The molecule has 0 aliphatic rings. The summed E-state index contributed by atoms with van der Waals surface area (Å²) in [6.45, 7) is 5.20. The summed E-state index contributed by atoms with van der Waals surface area (Å²) >= 11 is 0. The number of carbonyl (C=O) groups excluding carboxylic acids is 2. The van der Waals surface area contributed by atoms with Crippen molar-refractivity contribution >= 4 is 11.8 Å². The van der Waals surface area contributed by atoms with Crippen molar-refractivity contribution in [1.82, 2.24) is 10.9 Å². The summed E-state index contributed by atoms with van der Waals surface area (Å²) in [4.78, 5) is 24.1. The number of aryl methyl sites for hydroxylation is 1. The molecule has 2 aromatic carbocycles. The van der Waals surface area contributed by atoms with Gasteiger partial charge >= 0.3 is 6.18 Å². The van der Waals surface area contributed by atoms with Crippen LogP contribution in [0.1, 0.15) is 34.0 Å². The summed E-state index contributed by atoms with van der Waals surface area (Å²) in [6, 6.07) is 9.67. The van der Waals surface area contributed by atoms with Crippen molar-refractivity contribution in [1.29, 1.82) is 0 Å². The zero-order chi connectivity index (χ0) is 20.2. The van der Waals surface area contributed by atoms with Crippen LogP contribution in [0.4, 0.5) is 13.2 Å². The van der Waals surface area contributed by atoms with E-state index in [-0.39, 0.29) is 0 Å². The number of hydrazine groups is 1. The van der Waals surface area contributed by atoms with Crippen molar-refractivity contribution < 1.29 is 27.5 Å². The van der Waals surface area contributed by atoms with Crippen LogP contribution in [0.5, 0.6) is 5.75 Å². The molecule has 0 aromatic heterocycles. The number of hydrogen-bond donors (Lipinski definition) is 2. The van der Waals surface area contributed by atoms with Gasteiger partial charge in [0.1, 0.15) is 5.75 Å². The molecule has 0 aliphatic heterocycles.